The molecule has 3 aromatic rings. The topological polar surface area (TPSA) is 104 Å². The molecule has 1 saturated carbocycles. The van der Waals surface area contributed by atoms with Crippen LogP contribution in [-0.2, 0) is 21.4 Å². The van der Waals surface area contributed by atoms with Gasteiger partial charge in [0.2, 0.25) is 5.91 Å². The first-order valence-electron chi connectivity index (χ1n) is 11.7. The average molecular weight is 492 g/mol. The average Bonchev–Trinajstić information content (AvgIpc) is 3.40. The van der Waals surface area contributed by atoms with E-state index in [-0.39, 0.29) is 28.8 Å². The Morgan fingerprint density at radius 2 is 1.60 bits per heavy atom. The summed E-state index contributed by atoms with van der Waals surface area (Å²) in [5.41, 5.74) is 3.23. The van der Waals surface area contributed by atoms with Gasteiger partial charge >= 0.3 is 0 Å². The molecular formula is C27H29N3O4S. The van der Waals surface area contributed by atoms with E-state index in [0.29, 0.717) is 11.4 Å². The van der Waals surface area contributed by atoms with E-state index in [1.807, 2.05) is 43.3 Å². The third kappa shape index (κ3) is 6.48. The molecule has 0 saturated heterocycles. The molecular weight excluding hydrogens is 462 g/mol. The summed E-state index contributed by atoms with van der Waals surface area (Å²) < 4.78 is 28.1. The number of hydrogen-bond acceptors (Lipinski definition) is 4. The van der Waals surface area contributed by atoms with Crippen molar-refractivity contribution in [1.29, 1.82) is 0 Å². The van der Waals surface area contributed by atoms with Gasteiger partial charge in [0.05, 0.1) is 4.90 Å². The van der Waals surface area contributed by atoms with E-state index < -0.39 is 15.9 Å². The van der Waals surface area contributed by atoms with Gasteiger partial charge in [-0.3, -0.25) is 14.3 Å². The molecule has 3 N–H and O–H groups in total. The minimum atomic E-state index is -3.84. The van der Waals surface area contributed by atoms with Gasteiger partial charge < -0.3 is 10.6 Å². The van der Waals surface area contributed by atoms with E-state index in [4.69, 9.17) is 0 Å². The SMILES string of the molecule is Cc1ccc(NS(=O)(=O)c2cccc(C(=O)NCc3cccc(NC(=O)C4CCCC4)c3)c2)cc1. The number of sulfonamides is 1. The summed E-state index contributed by atoms with van der Waals surface area (Å²) in [6, 6.07) is 20.3. The Kier molecular flexibility index (Phi) is 7.51. The molecule has 0 heterocycles. The van der Waals surface area contributed by atoms with Gasteiger partial charge in [-0.05, 0) is 67.8 Å². The predicted molar refractivity (Wildman–Crippen MR) is 137 cm³/mol. The summed E-state index contributed by atoms with van der Waals surface area (Å²) in [4.78, 5) is 25.1. The summed E-state index contributed by atoms with van der Waals surface area (Å²) in [5.74, 6) is -0.277. The highest BCUT2D eigenvalue weighted by atomic mass is 32.2. The zero-order valence-electron chi connectivity index (χ0n) is 19.6. The monoisotopic (exact) mass is 491 g/mol. The fourth-order valence-corrected chi connectivity index (χ4v) is 5.22. The third-order valence-electron chi connectivity index (χ3n) is 6.08. The van der Waals surface area contributed by atoms with Gasteiger partial charge in [-0.25, -0.2) is 8.42 Å². The van der Waals surface area contributed by atoms with Gasteiger partial charge in [-0.2, -0.15) is 0 Å². The van der Waals surface area contributed by atoms with Crippen LogP contribution >= 0.6 is 0 Å². The maximum absolute atomic E-state index is 12.8. The van der Waals surface area contributed by atoms with Gasteiger partial charge in [-0.15, -0.1) is 0 Å². The maximum Gasteiger partial charge on any atom is 0.261 e. The molecule has 0 bridgehead atoms. The van der Waals surface area contributed by atoms with E-state index in [0.717, 1.165) is 36.8 Å². The molecule has 0 unspecified atom stereocenters. The van der Waals surface area contributed by atoms with Crippen molar-refractivity contribution in [2.45, 2.75) is 44.0 Å². The first-order valence-corrected chi connectivity index (χ1v) is 13.2. The number of hydrogen-bond donors (Lipinski definition) is 3. The van der Waals surface area contributed by atoms with E-state index >= 15 is 0 Å². The molecule has 0 aromatic heterocycles. The summed E-state index contributed by atoms with van der Waals surface area (Å²) in [7, 11) is -3.84. The lowest BCUT2D eigenvalue weighted by molar-refractivity contribution is -0.119. The Hall–Kier alpha value is -3.65. The number of rotatable bonds is 8. The quantitative estimate of drug-likeness (QED) is 0.419. The van der Waals surface area contributed by atoms with Crippen LogP contribution in [0.25, 0.3) is 0 Å². The van der Waals surface area contributed by atoms with Crippen molar-refractivity contribution in [3.8, 4) is 0 Å². The van der Waals surface area contributed by atoms with E-state index in [1.165, 1.54) is 18.2 Å². The van der Waals surface area contributed by atoms with Crippen LogP contribution in [-0.4, -0.2) is 20.2 Å². The van der Waals surface area contributed by atoms with Crippen molar-refractivity contribution in [3.63, 3.8) is 0 Å². The zero-order chi connectivity index (χ0) is 24.8. The lowest BCUT2D eigenvalue weighted by atomic mass is 10.1. The number of aryl methyl sites for hydroxylation is 1. The molecule has 0 spiro atoms. The Balaban J connectivity index is 1.38. The van der Waals surface area contributed by atoms with Crippen molar-refractivity contribution < 1.29 is 18.0 Å². The van der Waals surface area contributed by atoms with Gasteiger partial charge in [0.25, 0.3) is 15.9 Å². The van der Waals surface area contributed by atoms with Gasteiger partial charge in [-0.1, -0.05) is 48.7 Å². The van der Waals surface area contributed by atoms with Crippen molar-refractivity contribution in [2.24, 2.45) is 5.92 Å². The number of benzene rings is 3. The Bertz CT molecular complexity index is 1310. The minimum absolute atomic E-state index is 0.00217. The number of amides is 2. The standard InChI is InChI=1S/C27H29N3O4S/c1-19-12-14-23(15-13-19)30-35(33,34)25-11-5-9-22(17-25)26(31)28-18-20-6-4-10-24(16-20)29-27(32)21-7-2-3-8-21/h4-6,9-17,21,30H,2-3,7-8,18H2,1H3,(H,28,31)(H,29,32). The Labute approximate surface area is 206 Å². The van der Waals surface area contributed by atoms with Crippen LogP contribution in [0.4, 0.5) is 11.4 Å². The molecule has 2 amide bonds. The zero-order valence-corrected chi connectivity index (χ0v) is 20.4. The van der Waals surface area contributed by atoms with Crippen LogP contribution in [0, 0.1) is 12.8 Å². The molecule has 3 aromatic carbocycles. The van der Waals surface area contributed by atoms with Crippen LogP contribution < -0.4 is 15.4 Å². The Morgan fingerprint density at radius 3 is 2.34 bits per heavy atom. The van der Waals surface area contributed by atoms with Gasteiger partial charge in [0.15, 0.2) is 0 Å². The molecule has 8 heteroatoms. The summed E-state index contributed by atoms with van der Waals surface area (Å²) in [6.45, 7) is 2.16. The number of nitrogens with one attached hydrogen (secondary N) is 3. The number of carbonyl (C=O) groups excluding carboxylic acids is 2. The van der Waals surface area contributed by atoms with Crippen LogP contribution in [0.3, 0.4) is 0 Å². The molecule has 182 valence electrons. The molecule has 0 atom stereocenters. The van der Waals surface area contributed by atoms with Gasteiger partial charge in [0.1, 0.15) is 0 Å². The van der Waals surface area contributed by atoms with Crippen LogP contribution in [0.5, 0.6) is 0 Å². The molecule has 1 aliphatic carbocycles. The summed E-state index contributed by atoms with van der Waals surface area (Å²) in [6.07, 6.45) is 4.04. The molecule has 0 aliphatic heterocycles. The highest BCUT2D eigenvalue weighted by Crippen LogP contribution is 2.26. The van der Waals surface area contributed by atoms with Gasteiger partial charge in [0, 0.05) is 29.4 Å². The number of anilines is 2. The molecule has 1 fully saturated rings. The molecule has 0 radical (unpaired) electrons. The lowest BCUT2D eigenvalue weighted by Crippen LogP contribution is -2.24. The molecule has 7 nitrogen and oxygen atoms in total. The highest BCUT2D eigenvalue weighted by molar-refractivity contribution is 7.92. The molecule has 35 heavy (non-hydrogen) atoms. The highest BCUT2D eigenvalue weighted by Gasteiger charge is 2.22. The van der Waals surface area contributed by atoms with Crippen LogP contribution in [0.2, 0.25) is 0 Å². The largest absolute Gasteiger partial charge is 0.348 e. The third-order valence-corrected chi connectivity index (χ3v) is 7.46. The second-order valence-corrected chi connectivity index (χ2v) is 10.5. The second kappa shape index (κ2) is 10.7. The first-order chi connectivity index (χ1) is 16.8. The predicted octanol–water partition coefficient (Wildman–Crippen LogP) is 4.85. The fourth-order valence-electron chi connectivity index (χ4n) is 4.12. The fraction of sp³-hybridized carbons (Fsp3) is 0.259. The van der Waals surface area contributed by atoms with E-state index in [9.17, 15) is 18.0 Å². The molecule has 4 rings (SSSR count). The summed E-state index contributed by atoms with van der Waals surface area (Å²) >= 11 is 0. The van der Waals surface area contributed by atoms with E-state index in [2.05, 4.69) is 15.4 Å². The van der Waals surface area contributed by atoms with Crippen molar-refractivity contribution in [3.05, 3.63) is 89.5 Å². The smallest absolute Gasteiger partial charge is 0.261 e. The van der Waals surface area contributed by atoms with Crippen molar-refractivity contribution in [2.75, 3.05) is 10.0 Å². The van der Waals surface area contributed by atoms with Crippen molar-refractivity contribution in [1.82, 2.24) is 5.32 Å². The summed E-state index contributed by atoms with van der Waals surface area (Å²) in [5, 5.41) is 5.78. The van der Waals surface area contributed by atoms with Crippen molar-refractivity contribution >= 4 is 33.2 Å². The second-order valence-electron chi connectivity index (χ2n) is 8.85. The maximum atomic E-state index is 12.8. The molecule has 1 aliphatic rings. The number of carbonyl (C=O) groups is 2. The van der Waals surface area contributed by atoms with Crippen LogP contribution in [0.1, 0.15) is 47.2 Å². The Morgan fingerprint density at radius 1 is 0.886 bits per heavy atom. The first kappa shape index (κ1) is 24.5. The minimum Gasteiger partial charge on any atom is -0.348 e. The normalized spacial score (nSPS) is 13.9. The van der Waals surface area contributed by atoms with E-state index in [1.54, 1.807) is 18.2 Å². The lowest BCUT2D eigenvalue weighted by Gasteiger charge is -2.12. The van der Waals surface area contributed by atoms with Crippen LogP contribution in [0.15, 0.2) is 77.7 Å².